The zero-order chi connectivity index (χ0) is 13.7. The number of hydrogen-bond donors (Lipinski definition) is 1. The number of carbonyl (C=O) groups is 2. The number of hydrogen-bond acceptors (Lipinski definition) is 3. The standard InChI is InChI=1S/C13H14FNO3/c1-8(10-4-6-11(14)7-5-10)12(13(17)18-3)15-9(2)16/h4-7H,1-3H3,(H,15,16)/b12-8-. The molecular formula is C13H14FNO3. The highest BCUT2D eigenvalue weighted by Crippen LogP contribution is 2.18. The fourth-order valence-electron chi connectivity index (χ4n) is 1.42. The molecule has 0 atom stereocenters. The molecule has 5 heteroatoms. The van der Waals surface area contributed by atoms with Crippen molar-refractivity contribution in [3.8, 4) is 0 Å². The average molecular weight is 251 g/mol. The van der Waals surface area contributed by atoms with Crippen LogP contribution in [0.3, 0.4) is 0 Å². The first-order valence-electron chi connectivity index (χ1n) is 5.28. The molecule has 1 amide bonds. The number of halogens is 1. The Labute approximate surface area is 104 Å². The van der Waals surface area contributed by atoms with Crippen molar-refractivity contribution in [3.05, 3.63) is 41.3 Å². The van der Waals surface area contributed by atoms with Crippen LogP contribution in [0, 0.1) is 5.82 Å². The van der Waals surface area contributed by atoms with Crippen LogP contribution in [0.25, 0.3) is 5.57 Å². The minimum atomic E-state index is -0.646. The molecule has 0 bridgehead atoms. The molecular weight excluding hydrogens is 237 g/mol. The molecule has 0 aliphatic heterocycles. The minimum Gasteiger partial charge on any atom is -0.464 e. The van der Waals surface area contributed by atoms with Gasteiger partial charge in [0.05, 0.1) is 7.11 Å². The van der Waals surface area contributed by atoms with E-state index in [2.05, 4.69) is 10.1 Å². The maximum atomic E-state index is 12.8. The molecule has 0 radical (unpaired) electrons. The Morgan fingerprint density at radius 2 is 1.72 bits per heavy atom. The number of nitrogens with one attached hydrogen (secondary N) is 1. The second-order valence-electron chi connectivity index (χ2n) is 3.68. The van der Waals surface area contributed by atoms with E-state index in [-0.39, 0.29) is 17.4 Å². The lowest BCUT2D eigenvalue weighted by molar-refractivity contribution is -0.137. The SMILES string of the molecule is COC(=O)/C(NC(C)=O)=C(\C)c1ccc(F)cc1. The molecule has 0 aliphatic rings. The van der Waals surface area contributed by atoms with Crippen LogP contribution in [0.5, 0.6) is 0 Å². The molecule has 1 rings (SSSR count). The summed E-state index contributed by atoms with van der Waals surface area (Å²) in [5, 5.41) is 2.42. The van der Waals surface area contributed by atoms with Gasteiger partial charge in [0.15, 0.2) is 0 Å². The highest BCUT2D eigenvalue weighted by molar-refractivity contribution is 6.00. The zero-order valence-electron chi connectivity index (χ0n) is 10.4. The predicted molar refractivity (Wildman–Crippen MR) is 64.8 cm³/mol. The molecule has 0 spiro atoms. The van der Waals surface area contributed by atoms with Gasteiger partial charge in [-0.2, -0.15) is 0 Å². The number of benzene rings is 1. The molecule has 96 valence electrons. The molecule has 0 saturated carbocycles. The summed E-state index contributed by atoms with van der Waals surface area (Å²) in [6.07, 6.45) is 0. The lowest BCUT2D eigenvalue weighted by atomic mass is 10.1. The van der Waals surface area contributed by atoms with Gasteiger partial charge in [-0.15, -0.1) is 0 Å². The molecule has 4 nitrogen and oxygen atoms in total. The van der Waals surface area contributed by atoms with Gasteiger partial charge in [-0.3, -0.25) is 4.79 Å². The first kappa shape index (κ1) is 13.9. The Balaban J connectivity index is 3.21. The summed E-state index contributed by atoms with van der Waals surface area (Å²) >= 11 is 0. The number of esters is 1. The fraction of sp³-hybridized carbons (Fsp3) is 0.231. The largest absolute Gasteiger partial charge is 0.464 e. The van der Waals surface area contributed by atoms with Crippen molar-refractivity contribution in [2.75, 3.05) is 7.11 Å². The van der Waals surface area contributed by atoms with Crippen molar-refractivity contribution in [2.45, 2.75) is 13.8 Å². The number of rotatable bonds is 3. The molecule has 1 N–H and O–H groups in total. The lowest BCUT2D eigenvalue weighted by Gasteiger charge is -2.11. The Hall–Kier alpha value is -2.17. The second-order valence-corrected chi connectivity index (χ2v) is 3.68. The molecule has 1 aromatic rings. The quantitative estimate of drug-likeness (QED) is 0.659. The zero-order valence-corrected chi connectivity index (χ0v) is 10.4. The topological polar surface area (TPSA) is 55.4 Å². The van der Waals surface area contributed by atoms with Gasteiger partial charge in [0.1, 0.15) is 11.5 Å². The van der Waals surface area contributed by atoms with E-state index in [0.29, 0.717) is 11.1 Å². The van der Waals surface area contributed by atoms with Crippen molar-refractivity contribution in [1.82, 2.24) is 5.32 Å². The van der Waals surface area contributed by atoms with Crippen molar-refractivity contribution >= 4 is 17.4 Å². The molecule has 18 heavy (non-hydrogen) atoms. The van der Waals surface area contributed by atoms with E-state index in [1.165, 1.54) is 38.3 Å². The monoisotopic (exact) mass is 251 g/mol. The van der Waals surface area contributed by atoms with Crippen molar-refractivity contribution < 1.29 is 18.7 Å². The third-order valence-electron chi connectivity index (χ3n) is 2.34. The van der Waals surface area contributed by atoms with Crippen LogP contribution in [0.2, 0.25) is 0 Å². The van der Waals surface area contributed by atoms with Crippen LogP contribution in [-0.2, 0) is 14.3 Å². The lowest BCUT2D eigenvalue weighted by Crippen LogP contribution is -2.26. The number of amides is 1. The fourth-order valence-corrected chi connectivity index (χ4v) is 1.42. The van der Waals surface area contributed by atoms with E-state index in [1.807, 2.05) is 0 Å². The van der Waals surface area contributed by atoms with Gasteiger partial charge in [-0.25, -0.2) is 9.18 Å². The third-order valence-corrected chi connectivity index (χ3v) is 2.34. The molecule has 0 aliphatic carbocycles. The number of methoxy groups -OCH3 is 1. The highest BCUT2D eigenvalue weighted by atomic mass is 19.1. The Morgan fingerprint density at radius 3 is 2.17 bits per heavy atom. The maximum absolute atomic E-state index is 12.8. The summed E-state index contributed by atoms with van der Waals surface area (Å²) in [5.41, 5.74) is 1.19. The van der Waals surface area contributed by atoms with Crippen LogP contribution in [-0.4, -0.2) is 19.0 Å². The molecule has 0 aromatic heterocycles. The van der Waals surface area contributed by atoms with Gasteiger partial charge in [0.25, 0.3) is 0 Å². The van der Waals surface area contributed by atoms with Crippen LogP contribution in [0.4, 0.5) is 4.39 Å². The third kappa shape index (κ3) is 3.41. The second kappa shape index (κ2) is 5.95. The Morgan fingerprint density at radius 1 is 1.17 bits per heavy atom. The minimum absolute atomic E-state index is 0.0524. The summed E-state index contributed by atoms with van der Waals surface area (Å²) in [6, 6.07) is 5.61. The number of carbonyl (C=O) groups excluding carboxylic acids is 2. The van der Waals surface area contributed by atoms with Gasteiger partial charge in [0.2, 0.25) is 5.91 Å². The van der Waals surface area contributed by atoms with Gasteiger partial charge >= 0.3 is 5.97 Å². The highest BCUT2D eigenvalue weighted by Gasteiger charge is 2.15. The van der Waals surface area contributed by atoms with Crippen LogP contribution in [0.1, 0.15) is 19.4 Å². The van der Waals surface area contributed by atoms with Gasteiger partial charge in [-0.05, 0) is 30.2 Å². The number of allylic oxidation sites excluding steroid dienone is 1. The summed E-state index contributed by atoms with van der Waals surface area (Å²) < 4.78 is 17.4. The van der Waals surface area contributed by atoms with Gasteiger partial charge < -0.3 is 10.1 Å². The van der Waals surface area contributed by atoms with E-state index in [1.54, 1.807) is 6.92 Å². The van der Waals surface area contributed by atoms with Crippen molar-refractivity contribution in [3.63, 3.8) is 0 Å². The molecule has 0 unspecified atom stereocenters. The Kier molecular flexibility index (Phi) is 4.59. The number of ether oxygens (including phenoxy) is 1. The molecule has 0 heterocycles. The first-order chi connectivity index (χ1) is 8.45. The van der Waals surface area contributed by atoms with Gasteiger partial charge in [0, 0.05) is 6.92 Å². The summed E-state index contributed by atoms with van der Waals surface area (Å²) in [4.78, 5) is 22.6. The summed E-state index contributed by atoms with van der Waals surface area (Å²) in [5.74, 6) is -1.39. The summed E-state index contributed by atoms with van der Waals surface area (Å²) in [6.45, 7) is 2.94. The van der Waals surface area contributed by atoms with E-state index in [4.69, 9.17) is 0 Å². The van der Waals surface area contributed by atoms with E-state index >= 15 is 0 Å². The smallest absolute Gasteiger partial charge is 0.354 e. The predicted octanol–water partition coefficient (Wildman–Crippen LogP) is 1.87. The first-order valence-corrected chi connectivity index (χ1v) is 5.28. The Bertz CT molecular complexity index is 491. The van der Waals surface area contributed by atoms with Crippen molar-refractivity contribution in [1.29, 1.82) is 0 Å². The van der Waals surface area contributed by atoms with Crippen molar-refractivity contribution in [2.24, 2.45) is 0 Å². The normalized spacial score (nSPS) is 11.6. The van der Waals surface area contributed by atoms with E-state index < -0.39 is 5.97 Å². The molecule has 0 saturated heterocycles. The van der Waals surface area contributed by atoms with Crippen LogP contribution in [0.15, 0.2) is 30.0 Å². The average Bonchev–Trinajstić information content (AvgIpc) is 2.35. The van der Waals surface area contributed by atoms with Gasteiger partial charge in [-0.1, -0.05) is 12.1 Å². The molecule has 1 aromatic carbocycles. The van der Waals surface area contributed by atoms with Crippen LogP contribution < -0.4 is 5.32 Å². The molecule has 0 fully saturated rings. The van der Waals surface area contributed by atoms with E-state index in [0.717, 1.165) is 0 Å². The summed E-state index contributed by atoms with van der Waals surface area (Å²) in [7, 11) is 1.22. The maximum Gasteiger partial charge on any atom is 0.354 e. The van der Waals surface area contributed by atoms with Crippen LogP contribution >= 0.6 is 0 Å². The van der Waals surface area contributed by atoms with E-state index in [9.17, 15) is 14.0 Å².